The van der Waals surface area contributed by atoms with E-state index in [1.54, 1.807) is 0 Å². The second kappa shape index (κ2) is 16.7. The predicted octanol–water partition coefficient (Wildman–Crippen LogP) is 18.0. The Morgan fingerprint density at radius 3 is 1.94 bits per heavy atom. The Bertz CT molecular complexity index is 4020. The van der Waals surface area contributed by atoms with Crippen molar-refractivity contribution in [1.29, 1.82) is 0 Å². The summed E-state index contributed by atoms with van der Waals surface area (Å²) in [7, 11) is 0. The van der Waals surface area contributed by atoms with Gasteiger partial charge in [0.15, 0.2) is 0 Å². The summed E-state index contributed by atoms with van der Waals surface area (Å²) in [5.41, 5.74) is 15.8. The fourth-order valence-electron chi connectivity index (χ4n) is 10.3. The van der Waals surface area contributed by atoms with E-state index in [0.717, 1.165) is 89.2 Å². The molecule has 1 aliphatic rings. The van der Waals surface area contributed by atoms with Crippen molar-refractivity contribution < 1.29 is 9.15 Å². The molecule has 3 aromatic heterocycles. The lowest BCUT2D eigenvalue weighted by Gasteiger charge is -2.24. The Morgan fingerprint density at radius 2 is 1.17 bits per heavy atom. The molecule has 0 saturated carbocycles. The maximum absolute atomic E-state index is 6.91. The molecule has 0 aliphatic carbocycles. The van der Waals surface area contributed by atoms with Crippen molar-refractivity contribution >= 4 is 72.5 Å². The molecule has 0 N–H and O–H groups in total. The van der Waals surface area contributed by atoms with Gasteiger partial charge in [0.1, 0.15) is 28.5 Å². The van der Waals surface area contributed by atoms with Gasteiger partial charge in [-0.05, 0) is 108 Å². The predicted molar refractivity (Wildman–Crippen MR) is 300 cm³/mol. The second-order valence-corrected chi connectivity index (χ2v) is 22.4. The minimum absolute atomic E-state index is 0.0477. The lowest BCUT2D eigenvalue weighted by Crippen LogP contribution is -2.17. The molecule has 11 aromatic rings. The standard InChI is InChI=1S/C66H58N4O2/c1-64(2,3)44-32-33-67-61(38-44)70-57-31-28-43(42-18-11-10-12-19-42)34-56(57)51-30-29-50(40-59(51)70)71-49-21-15-20-47(39-49)68-41-69(48-36-45(65(4,5)6)35-46(37-48)66(7,8)9)62-53(23-17-26-58(62)68)55-25-16-24-54-52-22-13-14-27-60(52)72-63(54)55/h10-40H,1-9H3/q+2. The average Bonchev–Trinajstić information content (AvgIpc) is 4.06. The Labute approximate surface area is 421 Å². The van der Waals surface area contributed by atoms with Crippen LogP contribution in [0.15, 0.2) is 193 Å². The summed E-state index contributed by atoms with van der Waals surface area (Å²) in [6.45, 7) is 20.5. The number of rotatable bonds is 7. The molecule has 352 valence electrons. The van der Waals surface area contributed by atoms with Gasteiger partial charge < -0.3 is 9.15 Å². The van der Waals surface area contributed by atoms with E-state index in [4.69, 9.17) is 14.1 Å². The molecule has 12 rings (SSSR count). The number of ether oxygens (including phenoxy) is 1. The van der Waals surface area contributed by atoms with Crippen LogP contribution in [0, 0.1) is 0 Å². The Balaban J connectivity index is 1.01. The van der Waals surface area contributed by atoms with Crippen molar-refractivity contribution in [1.82, 2.24) is 18.7 Å². The summed E-state index contributed by atoms with van der Waals surface area (Å²) in [4.78, 5) is 4.98. The van der Waals surface area contributed by atoms with Crippen molar-refractivity contribution in [2.24, 2.45) is 0 Å². The topological polar surface area (TPSA) is 46.2 Å². The van der Waals surface area contributed by atoms with E-state index in [1.807, 2.05) is 24.4 Å². The number of nitrogens with zero attached hydrogens (tertiary/aromatic N) is 4. The number of hydrogen-bond acceptors (Lipinski definition) is 3. The molecule has 4 heterocycles. The number of fused-ring (bicyclic) bond motifs is 7. The van der Waals surface area contributed by atoms with Gasteiger partial charge in [0.25, 0.3) is 5.69 Å². The van der Waals surface area contributed by atoms with Gasteiger partial charge in [0.2, 0.25) is 11.4 Å². The molecule has 0 unspecified atom stereocenters. The van der Waals surface area contributed by atoms with Crippen molar-refractivity contribution in [3.05, 3.63) is 205 Å². The maximum Gasteiger partial charge on any atom is 0.503 e. The molecule has 6 heteroatoms. The third kappa shape index (κ3) is 7.80. The third-order valence-electron chi connectivity index (χ3n) is 14.3. The summed E-state index contributed by atoms with van der Waals surface area (Å²) in [5.74, 6) is 2.31. The van der Waals surface area contributed by atoms with Gasteiger partial charge >= 0.3 is 11.7 Å². The van der Waals surface area contributed by atoms with Crippen molar-refractivity contribution in [2.75, 3.05) is 0 Å². The highest BCUT2D eigenvalue weighted by atomic mass is 16.5. The van der Waals surface area contributed by atoms with Gasteiger partial charge in [0, 0.05) is 63.6 Å². The molecule has 6 nitrogen and oxygen atoms in total. The van der Waals surface area contributed by atoms with E-state index >= 15 is 0 Å². The van der Waals surface area contributed by atoms with Gasteiger partial charge in [-0.2, -0.15) is 0 Å². The summed E-state index contributed by atoms with van der Waals surface area (Å²) in [6, 6.07) is 68.6. The fourth-order valence-corrected chi connectivity index (χ4v) is 10.3. The molecule has 0 bridgehead atoms. The number of aromatic nitrogens is 2. The van der Waals surface area contributed by atoms with E-state index < -0.39 is 0 Å². The van der Waals surface area contributed by atoms with E-state index in [1.165, 1.54) is 27.8 Å². The van der Waals surface area contributed by atoms with Crippen LogP contribution < -0.4 is 13.9 Å². The van der Waals surface area contributed by atoms with Gasteiger partial charge in [-0.3, -0.25) is 4.57 Å². The van der Waals surface area contributed by atoms with Crippen molar-refractivity contribution in [3.8, 4) is 39.6 Å². The third-order valence-corrected chi connectivity index (χ3v) is 14.3. The van der Waals surface area contributed by atoms with E-state index in [-0.39, 0.29) is 16.2 Å². The number of hydrogen-bond donors (Lipinski definition) is 0. The highest BCUT2D eigenvalue weighted by molar-refractivity contribution is 6.12. The smallest absolute Gasteiger partial charge is 0.457 e. The molecular formula is C66H58N4O2+2. The monoisotopic (exact) mass is 938 g/mol. The fraction of sp³-hybridized carbons (Fsp3) is 0.182. The molecular weight excluding hydrogens is 881 g/mol. The van der Waals surface area contributed by atoms with Gasteiger partial charge in [-0.25, -0.2) is 4.98 Å². The summed E-state index contributed by atoms with van der Waals surface area (Å²) < 4.78 is 20.3. The first kappa shape index (κ1) is 44.9. The number of furan rings is 1. The molecule has 1 aliphatic heterocycles. The molecule has 0 amide bonds. The van der Waals surface area contributed by atoms with Gasteiger partial charge in [-0.1, -0.05) is 153 Å². The van der Waals surface area contributed by atoms with Crippen molar-refractivity contribution in [3.63, 3.8) is 0 Å². The van der Waals surface area contributed by atoms with Crippen LogP contribution in [0.1, 0.15) is 79.0 Å². The number of benzene rings is 8. The second-order valence-electron chi connectivity index (χ2n) is 22.4. The van der Waals surface area contributed by atoms with Gasteiger partial charge in [-0.15, -0.1) is 0 Å². The first-order valence-corrected chi connectivity index (χ1v) is 25.0. The van der Waals surface area contributed by atoms with Crippen LogP contribution in [-0.2, 0) is 16.2 Å². The van der Waals surface area contributed by atoms with Crippen LogP contribution in [0.5, 0.6) is 11.5 Å². The summed E-state index contributed by atoms with van der Waals surface area (Å²) in [5, 5.41) is 4.48. The van der Waals surface area contributed by atoms with Crippen LogP contribution >= 0.6 is 0 Å². The lowest BCUT2D eigenvalue weighted by atomic mass is 9.80. The maximum atomic E-state index is 6.91. The quantitative estimate of drug-likeness (QED) is 0.150. The Hall–Kier alpha value is -8.31. The minimum Gasteiger partial charge on any atom is -0.457 e. The summed E-state index contributed by atoms with van der Waals surface area (Å²) >= 11 is 0. The van der Waals surface area contributed by atoms with Crippen LogP contribution in [0.3, 0.4) is 0 Å². The molecule has 0 radical (unpaired) electrons. The van der Waals surface area contributed by atoms with Gasteiger partial charge in [0.05, 0.1) is 22.7 Å². The number of para-hydroxylation sites is 3. The molecule has 0 spiro atoms. The zero-order valence-electron chi connectivity index (χ0n) is 42.5. The zero-order valence-corrected chi connectivity index (χ0v) is 42.5. The first-order valence-electron chi connectivity index (χ1n) is 25.0. The van der Waals surface area contributed by atoms with E-state index in [9.17, 15) is 0 Å². The van der Waals surface area contributed by atoms with Crippen molar-refractivity contribution in [2.45, 2.75) is 78.6 Å². The molecule has 0 fully saturated rings. The van der Waals surface area contributed by atoms with E-state index in [0.29, 0.717) is 5.75 Å². The van der Waals surface area contributed by atoms with E-state index in [2.05, 4.69) is 246 Å². The highest BCUT2D eigenvalue weighted by Gasteiger charge is 2.41. The number of pyridine rings is 1. The first-order chi connectivity index (χ1) is 34.6. The van der Waals surface area contributed by atoms with Crippen LogP contribution in [0.2, 0.25) is 0 Å². The Kier molecular flexibility index (Phi) is 10.4. The summed E-state index contributed by atoms with van der Waals surface area (Å²) in [6.07, 6.45) is 1.93. The minimum atomic E-state index is -0.0846. The van der Waals surface area contributed by atoms with Crippen LogP contribution in [0.4, 0.5) is 22.7 Å². The Morgan fingerprint density at radius 1 is 0.472 bits per heavy atom. The molecule has 0 atom stereocenters. The van der Waals surface area contributed by atoms with Crippen LogP contribution in [0.25, 0.3) is 71.8 Å². The highest BCUT2D eigenvalue weighted by Crippen LogP contribution is 2.47. The average molecular weight is 939 g/mol. The molecule has 0 saturated heterocycles. The molecule has 72 heavy (non-hydrogen) atoms. The van der Waals surface area contributed by atoms with Crippen LogP contribution in [-0.4, -0.2) is 15.6 Å². The normalized spacial score (nSPS) is 13.0. The SMILES string of the molecule is CC(C)(C)c1cc([N+]2=C=[N+](c3cccc(Oc4ccc5c6cc(-c7ccccc7)ccc6n(-c6cc(C(C)(C)C)ccn6)c5c4)c3)c3cccc(-c4cccc5c4oc4ccccc45)c32)cc(C(C)(C)C)c1. The molecule has 8 aromatic carbocycles. The zero-order chi connectivity index (χ0) is 49.7. The largest absolute Gasteiger partial charge is 0.503 e. The lowest BCUT2D eigenvalue weighted by molar-refractivity contribution is 0.483.